The first kappa shape index (κ1) is 29.9. The Morgan fingerprint density at radius 3 is 0.891 bits per heavy atom. The van der Waals surface area contributed by atoms with E-state index in [-0.39, 0.29) is 0 Å². The number of rotatable bonds is 9. The van der Waals surface area contributed by atoms with Crippen LogP contribution in [0.5, 0.6) is 34.5 Å². The van der Waals surface area contributed by atoms with Crippen LogP contribution in [0.25, 0.3) is 68.2 Å². The van der Waals surface area contributed by atoms with Crippen molar-refractivity contribution >= 4 is 106 Å². The largest absolute Gasteiger partial charge is 0.496 e. The maximum absolute atomic E-state index is 5.76. The molecule has 0 saturated heterocycles. The molecule has 6 heterocycles. The van der Waals surface area contributed by atoms with E-state index in [1.54, 1.807) is 65.3 Å². The van der Waals surface area contributed by atoms with Gasteiger partial charge in [-0.05, 0) is 24.3 Å². The molecule has 234 valence electrons. The molecule has 0 N–H and O–H groups in total. The number of ether oxygens (including phenoxy) is 6. The fraction of sp³-hybridized carbons (Fsp3) is 0.176. The molecule has 0 aliphatic rings. The van der Waals surface area contributed by atoms with E-state index in [1.807, 2.05) is 69.6 Å². The number of methoxy groups -OCH3 is 6. The Labute approximate surface area is 288 Å². The molecule has 0 aliphatic heterocycles. The van der Waals surface area contributed by atoms with Gasteiger partial charge in [-0.25, -0.2) is 0 Å². The topological polar surface area (TPSA) is 55.4 Å². The first-order valence-corrected chi connectivity index (χ1v) is 18.9. The fourth-order valence-corrected chi connectivity index (χ4v) is 13.9. The number of thiophene rings is 6. The van der Waals surface area contributed by atoms with Gasteiger partial charge in [-0.15, -0.1) is 68.0 Å². The quantitative estimate of drug-likeness (QED) is 0.148. The average Bonchev–Trinajstić information content (AvgIpc) is 3.91. The Kier molecular flexibility index (Phi) is 7.54. The first-order chi connectivity index (χ1) is 22.5. The molecular weight excluding hydrogens is 697 g/mol. The van der Waals surface area contributed by atoms with Gasteiger partial charge in [0.1, 0.15) is 34.5 Å². The smallest absolute Gasteiger partial charge is 0.134 e. The SMILES string of the molecule is COc1cc(OC)c(-c2cc3sc4cc(-c5cc6sc7cc(-c8c(OC)cc(OC)cc8OC)sc7c6s5)sc4c3s2)c(OC)c1. The second kappa shape index (κ2) is 11.6. The van der Waals surface area contributed by atoms with Crippen molar-refractivity contribution in [3.8, 4) is 65.1 Å². The highest BCUT2D eigenvalue weighted by Crippen LogP contribution is 2.55. The Morgan fingerprint density at radius 1 is 0.326 bits per heavy atom. The molecule has 6 aromatic heterocycles. The molecule has 0 saturated carbocycles. The van der Waals surface area contributed by atoms with Crippen molar-refractivity contribution in [1.82, 2.24) is 0 Å². The summed E-state index contributed by atoms with van der Waals surface area (Å²) in [4.78, 5) is 4.84. The van der Waals surface area contributed by atoms with Crippen LogP contribution in [0.3, 0.4) is 0 Å². The van der Waals surface area contributed by atoms with E-state index in [4.69, 9.17) is 28.4 Å². The molecule has 0 bridgehead atoms. The molecule has 46 heavy (non-hydrogen) atoms. The third-order valence-electron chi connectivity index (χ3n) is 7.81. The minimum Gasteiger partial charge on any atom is -0.496 e. The van der Waals surface area contributed by atoms with Crippen LogP contribution in [0.4, 0.5) is 0 Å². The average molecular weight is 723 g/mol. The highest BCUT2D eigenvalue weighted by Gasteiger charge is 2.23. The van der Waals surface area contributed by atoms with E-state index in [2.05, 4.69) is 24.3 Å². The van der Waals surface area contributed by atoms with E-state index in [1.165, 1.54) is 47.4 Å². The highest BCUT2D eigenvalue weighted by atomic mass is 32.1. The summed E-state index contributed by atoms with van der Waals surface area (Å²) in [5, 5.41) is 0. The monoisotopic (exact) mass is 722 g/mol. The third kappa shape index (κ3) is 4.65. The van der Waals surface area contributed by atoms with Crippen LogP contribution in [0.2, 0.25) is 0 Å². The zero-order chi connectivity index (χ0) is 31.7. The van der Waals surface area contributed by atoms with Gasteiger partial charge in [-0.3, -0.25) is 0 Å². The normalized spacial score (nSPS) is 11.7. The molecule has 0 aliphatic carbocycles. The van der Waals surface area contributed by atoms with Crippen LogP contribution in [-0.2, 0) is 0 Å². The van der Waals surface area contributed by atoms with Crippen LogP contribution in [-0.4, -0.2) is 42.7 Å². The van der Waals surface area contributed by atoms with Crippen molar-refractivity contribution in [2.75, 3.05) is 42.7 Å². The van der Waals surface area contributed by atoms with Crippen LogP contribution in [0, 0.1) is 0 Å². The Morgan fingerprint density at radius 2 is 0.609 bits per heavy atom. The lowest BCUT2D eigenvalue weighted by Crippen LogP contribution is -1.94. The highest BCUT2D eigenvalue weighted by molar-refractivity contribution is 7.42. The first-order valence-electron chi connectivity index (χ1n) is 14.0. The van der Waals surface area contributed by atoms with Crippen LogP contribution >= 0.6 is 68.0 Å². The summed E-state index contributed by atoms with van der Waals surface area (Å²) in [5.74, 6) is 4.34. The molecule has 8 aromatic rings. The van der Waals surface area contributed by atoms with E-state index in [9.17, 15) is 0 Å². The minimum absolute atomic E-state index is 0.702. The molecule has 0 radical (unpaired) electrons. The zero-order valence-corrected chi connectivity index (χ0v) is 30.4. The van der Waals surface area contributed by atoms with Gasteiger partial charge in [0.15, 0.2) is 0 Å². The van der Waals surface area contributed by atoms with Gasteiger partial charge < -0.3 is 28.4 Å². The second-order valence-electron chi connectivity index (χ2n) is 10.2. The lowest BCUT2D eigenvalue weighted by Gasteiger charge is -2.13. The van der Waals surface area contributed by atoms with Gasteiger partial charge in [0.2, 0.25) is 0 Å². The van der Waals surface area contributed by atoms with E-state index >= 15 is 0 Å². The van der Waals surface area contributed by atoms with Crippen molar-refractivity contribution in [3.05, 3.63) is 48.5 Å². The van der Waals surface area contributed by atoms with Gasteiger partial charge >= 0.3 is 0 Å². The molecule has 0 amide bonds. The van der Waals surface area contributed by atoms with Gasteiger partial charge in [-0.2, -0.15) is 0 Å². The molecule has 0 atom stereocenters. The van der Waals surface area contributed by atoms with Gasteiger partial charge in [0.25, 0.3) is 0 Å². The van der Waals surface area contributed by atoms with Crippen molar-refractivity contribution < 1.29 is 28.4 Å². The second-order valence-corrected chi connectivity index (χ2v) is 16.6. The maximum Gasteiger partial charge on any atom is 0.134 e. The van der Waals surface area contributed by atoms with Crippen molar-refractivity contribution in [2.24, 2.45) is 0 Å². The number of benzene rings is 2. The summed E-state index contributed by atoms with van der Waals surface area (Å²) < 4.78 is 44.4. The lowest BCUT2D eigenvalue weighted by atomic mass is 10.1. The summed E-state index contributed by atoms with van der Waals surface area (Å²) in [6.45, 7) is 0. The van der Waals surface area contributed by atoms with Crippen LogP contribution < -0.4 is 28.4 Å². The lowest BCUT2D eigenvalue weighted by molar-refractivity contribution is 0.377. The summed E-state index contributed by atoms with van der Waals surface area (Å²) in [6, 6.07) is 16.8. The van der Waals surface area contributed by atoms with Gasteiger partial charge in [0.05, 0.1) is 72.6 Å². The summed E-state index contributed by atoms with van der Waals surface area (Å²) >= 11 is 11.0. The standard InChI is InChI=1S/C34H26O6S6/c1-35-15-7-17(37-3)29(18(8-15)38-4)23-13-27-33(45-23)31-25(41-27)11-21(43-31)22-12-26-32(44-22)34-28(42-26)14-24(46-34)30-19(39-5)9-16(36-2)10-20(30)40-6/h7-14H,1-6H3. The van der Waals surface area contributed by atoms with Crippen molar-refractivity contribution in [1.29, 1.82) is 0 Å². The Bertz CT molecular complexity index is 2200. The van der Waals surface area contributed by atoms with Gasteiger partial charge in [-0.1, -0.05) is 0 Å². The van der Waals surface area contributed by atoms with Crippen LogP contribution in [0.15, 0.2) is 48.5 Å². The molecule has 0 fully saturated rings. The molecular formula is C34H26O6S6. The predicted octanol–water partition coefficient (Wildman–Crippen LogP) is 11.7. The van der Waals surface area contributed by atoms with Crippen molar-refractivity contribution in [3.63, 3.8) is 0 Å². The molecule has 6 nitrogen and oxygen atoms in total. The minimum atomic E-state index is 0.702. The molecule has 8 rings (SSSR count). The van der Waals surface area contributed by atoms with E-state index < -0.39 is 0 Å². The van der Waals surface area contributed by atoms with Crippen LogP contribution in [0.1, 0.15) is 0 Å². The number of hydrogen-bond donors (Lipinski definition) is 0. The Balaban J connectivity index is 1.18. The van der Waals surface area contributed by atoms with Crippen molar-refractivity contribution in [2.45, 2.75) is 0 Å². The zero-order valence-electron chi connectivity index (χ0n) is 25.5. The Hall–Kier alpha value is -3.52. The molecule has 0 spiro atoms. The molecule has 2 aromatic carbocycles. The summed E-state index contributed by atoms with van der Waals surface area (Å²) in [7, 11) is 10.0. The van der Waals surface area contributed by atoms with Gasteiger partial charge in [0, 0.05) is 62.6 Å². The van der Waals surface area contributed by atoms with E-state index in [0.29, 0.717) is 11.5 Å². The third-order valence-corrected chi connectivity index (χ3v) is 15.6. The summed E-state index contributed by atoms with van der Waals surface area (Å²) in [6.07, 6.45) is 0. The summed E-state index contributed by atoms with van der Waals surface area (Å²) in [5.41, 5.74) is 1.90. The number of hydrogen-bond acceptors (Lipinski definition) is 12. The number of fused-ring (bicyclic) bond motifs is 6. The maximum atomic E-state index is 5.76. The predicted molar refractivity (Wildman–Crippen MR) is 199 cm³/mol. The molecule has 0 unspecified atom stereocenters. The molecule has 12 heteroatoms. The van der Waals surface area contributed by atoms with E-state index in [0.717, 1.165) is 43.9 Å². The fourth-order valence-electron chi connectivity index (χ4n) is 5.66.